The third kappa shape index (κ3) is 2.81. The molecule has 0 fully saturated rings. The van der Waals surface area contributed by atoms with Gasteiger partial charge in [-0.15, -0.1) is 0 Å². The van der Waals surface area contributed by atoms with Crippen LogP contribution in [-0.2, 0) is 6.42 Å². The first-order chi connectivity index (χ1) is 6.91. The molecule has 4 nitrogen and oxygen atoms in total. The number of aromatic nitrogens is 2. The maximum atomic E-state index is 11.6. The van der Waals surface area contributed by atoms with E-state index in [0.29, 0.717) is 5.92 Å². The lowest BCUT2D eigenvalue weighted by atomic mass is 10.1. The Morgan fingerprint density at radius 1 is 1.27 bits per heavy atom. The molecule has 0 atom stereocenters. The molecule has 0 amide bonds. The average Bonchev–Trinajstić information content (AvgIpc) is 1.99. The molecule has 0 saturated heterocycles. The zero-order valence-corrected chi connectivity index (χ0v) is 9.70. The van der Waals surface area contributed by atoms with Crippen molar-refractivity contribution in [2.75, 3.05) is 0 Å². The quantitative estimate of drug-likeness (QED) is 0.818. The topological polar surface area (TPSA) is 54.9 Å². The van der Waals surface area contributed by atoms with Gasteiger partial charge in [0.25, 0.3) is 5.56 Å². The highest BCUT2D eigenvalue weighted by Gasteiger charge is 2.07. The average molecular weight is 210 g/mol. The summed E-state index contributed by atoms with van der Waals surface area (Å²) in [7, 11) is 0. The molecule has 84 valence electrons. The van der Waals surface area contributed by atoms with E-state index < -0.39 is 0 Å². The summed E-state index contributed by atoms with van der Waals surface area (Å²) in [4.78, 5) is 26.0. The molecule has 1 aromatic rings. The van der Waals surface area contributed by atoms with E-state index in [0.717, 1.165) is 12.1 Å². The van der Waals surface area contributed by atoms with Crippen molar-refractivity contribution in [2.24, 2.45) is 5.92 Å². The molecular weight excluding hydrogens is 192 g/mol. The molecule has 1 aromatic heterocycles. The predicted octanol–water partition coefficient (Wildman–Crippen LogP) is 1.32. The van der Waals surface area contributed by atoms with Gasteiger partial charge in [0.1, 0.15) is 0 Å². The van der Waals surface area contributed by atoms with Crippen molar-refractivity contribution >= 4 is 0 Å². The molecule has 0 unspecified atom stereocenters. The first-order valence-electron chi connectivity index (χ1n) is 5.26. The highest BCUT2D eigenvalue weighted by Crippen LogP contribution is 2.01. The Labute approximate surface area is 89.0 Å². The number of aromatic amines is 1. The first kappa shape index (κ1) is 11.8. The highest BCUT2D eigenvalue weighted by atomic mass is 16.2. The zero-order chi connectivity index (χ0) is 11.6. The fourth-order valence-corrected chi connectivity index (χ4v) is 1.59. The van der Waals surface area contributed by atoms with Crippen molar-refractivity contribution < 1.29 is 0 Å². The number of nitrogens with zero attached hydrogens (tertiary/aromatic N) is 1. The van der Waals surface area contributed by atoms with Gasteiger partial charge in [-0.2, -0.15) is 0 Å². The summed E-state index contributed by atoms with van der Waals surface area (Å²) in [6.07, 6.45) is 0.726. The molecule has 0 aromatic carbocycles. The summed E-state index contributed by atoms with van der Waals surface area (Å²) < 4.78 is 1.23. The second kappa shape index (κ2) is 4.47. The largest absolute Gasteiger partial charge is 0.328 e. The molecule has 1 heterocycles. The minimum absolute atomic E-state index is 0.102. The van der Waals surface area contributed by atoms with Crippen LogP contribution in [0.15, 0.2) is 15.7 Å². The van der Waals surface area contributed by atoms with Crippen LogP contribution in [0.1, 0.15) is 39.4 Å². The predicted molar refractivity (Wildman–Crippen MR) is 60.2 cm³/mol. The van der Waals surface area contributed by atoms with Gasteiger partial charge in [-0.05, 0) is 26.2 Å². The summed E-state index contributed by atoms with van der Waals surface area (Å²) in [5.41, 5.74) is 0.189. The monoisotopic (exact) mass is 210 g/mol. The fraction of sp³-hybridized carbons (Fsp3) is 0.636. The summed E-state index contributed by atoms with van der Waals surface area (Å²) in [6, 6.07) is 1.41. The van der Waals surface area contributed by atoms with Crippen LogP contribution >= 0.6 is 0 Å². The van der Waals surface area contributed by atoms with E-state index in [1.807, 2.05) is 27.7 Å². The van der Waals surface area contributed by atoms with Gasteiger partial charge in [-0.1, -0.05) is 13.8 Å². The minimum Gasteiger partial charge on any atom is -0.311 e. The Morgan fingerprint density at radius 3 is 2.27 bits per heavy atom. The van der Waals surface area contributed by atoms with E-state index in [1.54, 1.807) is 0 Å². The van der Waals surface area contributed by atoms with Gasteiger partial charge in [-0.25, -0.2) is 4.79 Å². The highest BCUT2D eigenvalue weighted by molar-refractivity contribution is 5.01. The molecule has 4 heteroatoms. The zero-order valence-electron chi connectivity index (χ0n) is 9.70. The van der Waals surface area contributed by atoms with E-state index >= 15 is 0 Å². The third-order valence-corrected chi connectivity index (χ3v) is 2.17. The molecule has 0 aliphatic carbocycles. The van der Waals surface area contributed by atoms with E-state index in [4.69, 9.17) is 0 Å². The summed E-state index contributed by atoms with van der Waals surface area (Å²) >= 11 is 0. The van der Waals surface area contributed by atoms with Gasteiger partial charge in [-0.3, -0.25) is 9.36 Å². The molecule has 0 spiro atoms. The fourth-order valence-electron chi connectivity index (χ4n) is 1.59. The van der Waals surface area contributed by atoms with Gasteiger partial charge in [0.15, 0.2) is 0 Å². The molecule has 15 heavy (non-hydrogen) atoms. The lowest BCUT2D eigenvalue weighted by molar-refractivity contribution is 0.535. The van der Waals surface area contributed by atoms with Crippen molar-refractivity contribution in [3.63, 3.8) is 0 Å². The Kier molecular flexibility index (Phi) is 3.50. The van der Waals surface area contributed by atoms with Gasteiger partial charge in [0, 0.05) is 17.8 Å². The standard InChI is InChI=1S/C11H18N2O2/c1-7(2)5-9-6-10(14)13(8(3)4)11(15)12-9/h6-8H,5H2,1-4H3,(H,12,15). The van der Waals surface area contributed by atoms with Crippen LogP contribution in [0.3, 0.4) is 0 Å². The maximum absolute atomic E-state index is 11.6. The van der Waals surface area contributed by atoms with Crippen molar-refractivity contribution in [3.05, 3.63) is 32.6 Å². The molecule has 1 rings (SSSR count). The van der Waals surface area contributed by atoms with E-state index in [-0.39, 0.29) is 17.3 Å². The number of H-pyrrole nitrogens is 1. The Balaban J connectivity index is 3.21. The van der Waals surface area contributed by atoms with Crippen LogP contribution in [-0.4, -0.2) is 9.55 Å². The van der Waals surface area contributed by atoms with Crippen molar-refractivity contribution in [1.29, 1.82) is 0 Å². The maximum Gasteiger partial charge on any atom is 0.328 e. The van der Waals surface area contributed by atoms with Gasteiger partial charge < -0.3 is 4.98 Å². The molecule has 0 aliphatic rings. The Morgan fingerprint density at radius 2 is 1.87 bits per heavy atom. The summed E-state index contributed by atoms with van der Waals surface area (Å²) in [5.74, 6) is 0.426. The molecule has 0 aliphatic heterocycles. The van der Waals surface area contributed by atoms with Crippen LogP contribution in [0.2, 0.25) is 0 Å². The smallest absolute Gasteiger partial charge is 0.311 e. The van der Waals surface area contributed by atoms with Crippen molar-refractivity contribution in [3.8, 4) is 0 Å². The second-order valence-corrected chi connectivity index (χ2v) is 4.50. The second-order valence-electron chi connectivity index (χ2n) is 4.50. The molecule has 0 bridgehead atoms. The molecule has 0 radical (unpaired) electrons. The van der Waals surface area contributed by atoms with Crippen molar-refractivity contribution in [2.45, 2.75) is 40.2 Å². The normalized spacial score (nSPS) is 11.3. The Hall–Kier alpha value is -1.32. The van der Waals surface area contributed by atoms with E-state index in [1.165, 1.54) is 10.6 Å². The van der Waals surface area contributed by atoms with E-state index in [9.17, 15) is 9.59 Å². The third-order valence-electron chi connectivity index (χ3n) is 2.17. The van der Waals surface area contributed by atoms with Crippen LogP contribution in [0.5, 0.6) is 0 Å². The van der Waals surface area contributed by atoms with Crippen molar-refractivity contribution in [1.82, 2.24) is 9.55 Å². The van der Waals surface area contributed by atoms with Gasteiger partial charge in [0.05, 0.1) is 0 Å². The molecule has 0 saturated carbocycles. The number of rotatable bonds is 3. The van der Waals surface area contributed by atoms with Gasteiger partial charge in [0.2, 0.25) is 0 Å². The summed E-state index contributed by atoms with van der Waals surface area (Å²) in [5, 5.41) is 0. The number of hydrogen-bond acceptors (Lipinski definition) is 2. The lowest BCUT2D eigenvalue weighted by Crippen LogP contribution is -2.36. The van der Waals surface area contributed by atoms with Crippen LogP contribution in [0, 0.1) is 5.92 Å². The Bertz CT molecular complexity index is 409. The summed E-state index contributed by atoms with van der Waals surface area (Å²) in [6.45, 7) is 7.73. The number of hydrogen-bond donors (Lipinski definition) is 1. The van der Waals surface area contributed by atoms with E-state index in [2.05, 4.69) is 4.98 Å². The SMILES string of the molecule is CC(C)Cc1cc(=O)n(C(C)C)c(=O)[nH]1. The minimum atomic E-state index is -0.312. The molecule has 1 N–H and O–H groups in total. The van der Waals surface area contributed by atoms with Crippen LogP contribution in [0.4, 0.5) is 0 Å². The van der Waals surface area contributed by atoms with Crippen LogP contribution < -0.4 is 11.2 Å². The molecular formula is C11H18N2O2. The first-order valence-corrected chi connectivity index (χ1v) is 5.26. The van der Waals surface area contributed by atoms with Crippen LogP contribution in [0.25, 0.3) is 0 Å². The van der Waals surface area contributed by atoms with Gasteiger partial charge >= 0.3 is 5.69 Å². The number of nitrogens with one attached hydrogen (secondary N) is 1. The lowest BCUT2D eigenvalue weighted by Gasteiger charge is -2.10.